The van der Waals surface area contributed by atoms with E-state index >= 15 is 0 Å². The second kappa shape index (κ2) is 7.95. The molecule has 0 heterocycles. The monoisotopic (exact) mass is 332 g/mol. The van der Waals surface area contributed by atoms with Crippen molar-refractivity contribution >= 4 is 22.4 Å². The smallest absolute Gasteiger partial charge is 0.227 e. The molecule has 0 aliphatic heterocycles. The third kappa shape index (κ3) is 3.72. The summed E-state index contributed by atoms with van der Waals surface area (Å²) >= 11 is 0. The highest BCUT2D eigenvalue weighted by Gasteiger charge is 2.21. The van der Waals surface area contributed by atoms with Gasteiger partial charge in [0.15, 0.2) is 0 Å². The Hall–Kier alpha value is -2.65. The first-order valence-electron chi connectivity index (χ1n) is 8.77. The Balaban J connectivity index is 1.87. The fourth-order valence-electron chi connectivity index (χ4n) is 3.36. The number of anilines is 1. The molecule has 3 rings (SSSR count). The summed E-state index contributed by atoms with van der Waals surface area (Å²) in [5.41, 5.74) is 8.14. The molecule has 0 fully saturated rings. The number of amides is 1. The number of para-hydroxylation sites is 1. The van der Waals surface area contributed by atoms with E-state index in [9.17, 15) is 4.79 Å². The summed E-state index contributed by atoms with van der Waals surface area (Å²) in [5.74, 6) is 0.119. The van der Waals surface area contributed by atoms with Crippen LogP contribution in [0.15, 0.2) is 72.8 Å². The van der Waals surface area contributed by atoms with Crippen LogP contribution in [0, 0.1) is 0 Å². The van der Waals surface area contributed by atoms with Crippen molar-refractivity contribution in [1.82, 2.24) is 0 Å². The number of benzene rings is 3. The Labute approximate surface area is 149 Å². The van der Waals surface area contributed by atoms with Crippen molar-refractivity contribution in [1.29, 1.82) is 0 Å². The predicted octanol–water partition coefficient (Wildman–Crippen LogP) is 4.33. The van der Waals surface area contributed by atoms with Gasteiger partial charge in [-0.2, -0.15) is 0 Å². The molecule has 0 saturated heterocycles. The highest BCUT2D eigenvalue weighted by molar-refractivity contribution is 5.94. The van der Waals surface area contributed by atoms with Crippen LogP contribution in [0.2, 0.25) is 0 Å². The Bertz CT molecular complexity index is 840. The maximum Gasteiger partial charge on any atom is 0.227 e. The van der Waals surface area contributed by atoms with Crippen molar-refractivity contribution in [2.75, 3.05) is 18.0 Å². The van der Waals surface area contributed by atoms with Gasteiger partial charge in [-0.05, 0) is 41.9 Å². The minimum atomic E-state index is 0.0105. The molecule has 1 atom stereocenters. The van der Waals surface area contributed by atoms with E-state index in [0.717, 1.165) is 11.3 Å². The second-order valence-electron chi connectivity index (χ2n) is 6.18. The van der Waals surface area contributed by atoms with E-state index in [2.05, 4.69) is 24.3 Å². The quantitative estimate of drug-likeness (QED) is 0.730. The van der Waals surface area contributed by atoms with Gasteiger partial charge in [-0.25, -0.2) is 0 Å². The summed E-state index contributed by atoms with van der Waals surface area (Å²) in [4.78, 5) is 14.8. The number of hydrogen-bond donors (Lipinski definition) is 1. The average Bonchev–Trinajstić information content (AvgIpc) is 2.67. The average molecular weight is 332 g/mol. The lowest BCUT2D eigenvalue weighted by molar-refractivity contribution is -0.118. The van der Waals surface area contributed by atoms with Crippen molar-refractivity contribution in [2.45, 2.75) is 19.3 Å². The van der Waals surface area contributed by atoms with E-state index in [-0.39, 0.29) is 11.8 Å². The van der Waals surface area contributed by atoms with E-state index in [1.165, 1.54) is 10.8 Å². The highest BCUT2D eigenvalue weighted by atomic mass is 16.2. The second-order valence-corrected chi connectivity index (χ2v) is 6.18. The lowest BCUT2D eigenvalue weighted by atomic mass is 9.90. The molecule has 0 saturated carbocycles. The molecule has 0 aromatic heterocycles. The van der Waals surface area contributed by atoms with Crippen LogP contribution < -0.4 is 10.6 Å². The molecule has 3 aromatic rings. The first-order valence-corrected chi connectivity index (χ1v) is 8.77. The molecule has 0 aliphatic carbocycles. The summed E-state index contributed by atoms with van der Waals surface area (Å²) in [6, 6.07) is 24.3. The van der Waals surface area contributed by atoms with Crippen LogP contribution in [0.5, 0.6) is 0 Å². The van der Waals surface area contributed by atoms with Crippen molar-refractivity contribution in [3.63, 3.8) is 0 Å². The number of fused-ring (bicyclic) bond motifs is 1. The molecule has 0 bridgehead atoms. The zero-order chi connectivity index (χ0) is 17.6. The topological polar surface area (TPSA) is 46.3 Å². The van der Waals surface area contributed by atoms with Gasteiger partial charge in [0.2, 0.25) is 5.91 Å². The number of nitrogens with two attached hydrogens (primary N) is 1. The summed E-state index contributed by atoms with van der Waals surface area (Å²) in [7, 11) is 0. The third-order valence-electron chi connectivity index (χ3n) is 4.65. The van der Waals surface area contributed by atoms with Gasteiger partial charge in [0.05, 0.1) is 0 Å². The van der Waals surface area contributed by atoms with Gasteiger partial charge in [-0.1, -0.05) is 60.7 Å². The molecular weight excluding hydrogens is 308 g/mol. The third-order valence-corrected chi connectivity index (χ3v) is 4.65. The summed E-state index contributed by atoms with van der Waals surface area (Å²) < 4.78 is 0. The molecule has 2 N–H and O–H groups in total. The normalized spacial score (nSPS) is 12.1. The minimum absolute atomic E-state index is 0.0105. The number of carbonyl (C=O) groups is 1. The van der Waals surface area contributed by atoms with Gasteiger partial charge in [0.1, 0.15) is 0 Å². The van der Waals surface area contributed by atoms with Crippen LogP contribution >= 0.6 is 0 Å². The Kier molecular flexibility index (Phi) is 5.46. The van der Waals surface area contributed by atoms with Crippen molar-refractivity contribution in [3.05, 3.63) is 78.4 Å². The SMILES string of the molecule is CCN(C(=O)CC(CN)c1cccc2ccccc12)c1ccccc1. The van der Waals surface area contributed by atoms with Crippen LogP contribution in [0.25, 0.3) is 10.8 Å². The van der Waals surface area contributed by atoms with Crippen LogP contribution in [-0.4, -0.2) is 19.0 Å². The first-order chi connectivity index (χ1) is 12.2. The van der Waals surface area contributed by atoms with E-state index < -0.39 is 0 Å². The highest BCUT2D eigenvalue weighted by Crippen LogP contribution is 2.28. The lowest BCUT2D eigenvalue weighted by Gasteiger charge is -2.24. The minimum Gasteiger partial charge on any atom is -0.330 e. The van der Waals surface area contributed by atoms with Gasteiger partial charge in [-0.15, -0.1) is 0 Å². The zero-order valence-corrected chi connectivity index (χ0v) is 14.6. The van der Waals surface area contributed by atoms with Gasteiger partial charge < -0.3 is 10.6 Å². The molecule has 3 nitrogen and oxygen atoms in total. The fraction of sp³-hybridized carbons (Fsp3) is 0.227. The molecule has 0 aliphatic rings. The molecule has 1 unspecified atom stereocenters. The van der Waals surface area contributed by atoms with Crippen molar-refractivity contribution in [2.24, 2.45) is 5.73 Å². The van der Waals surface area contributed by atoms with Crippen LogP contribution in [0.3, 0.4) is 0 Å². The zero-order valence-electron chi connectivity index (χ0n) is 14.6. The summed E-state index contributed by atoms with van der Waals surface area (Å²) in [6.45, 7) is 3.10. The maximum atomic E-state index is 12.9. The van der Waals surface area contributed by atoms with Crippen LogP contribution in [-0.2, 0) is 4.79 Å². The molecule has 128 valence electrons. The first kappa shape index (κ1) is 17.2. The van der Waals surface area contributed by atoms with Crippen molar-refractivity contribution in [3.8, 4) is 0 Å². The van der Waals surface area contributed by atoms with Crippen LogP contribution in [0.1, 0.15) is 24.8 Å². The van der Waals surface area contributed by atoms with Gasteiger partial charge in [-0.3, -0.25) is 4.79 Å². The van der Waals surface area contributed by atoms with Gasteiger partial charge in [0.25, 0.3) is 0 Å². The van der Waals surface area contributed by atoms with Crippen molar-refractivity contribution < 1.29 is 4.79 Å². The number of hydrogen-bond acceptors (Lipinski definition) is 2. The van der Waals surface area contributed by atoms with Crippen LogP contribution in [0.4, 0.5) is 5.69 Å². The summed E-state index contributed by atoms with van der Waals surface area (Å²) in [5, 5.41) is 2.36. The maximum absolute atomic E-state index is 12.9. The molecule has 1 amide bonds. The van der Waals surface area contributed by atoms with E-state index in [0.29, 0.717) is 19.5 Å². The number of nitrogens with zero attached hydrogens (tertiary/aromatic N) is 1. The summed E-state index contributed by atoms with van der Waals surface area (Å²) in [6.07, 6.45) is 0.410. The predicted molar refractivity (Wildman–Crippen MR) is 105 cm³/mol. The Morgan fingerprint density at radius 1 is 0.960 bits per heavy atom. The molecule has 0 spiro atoms. The van der Waals surface area contributed by atoms with E-state index in [4.69, 9.17) is 5.73 Å². The van der Waals surface area contributed by atoms with E-state index in [1.54, 1.807) is 0 Å². The molecular formula is C22H24N2O. The Morgan fingerprint density at radius 2 is 1.64 bits per heavy atom. The molecule has 25 heavy (non-hydrogen) atoms. The molecule has 0 radical (unpaired) electrons. The number of carbonyl (C=O) groups excluding carboxylic acids is 1. The lowest BCUT2D eigenvalue weighted by Crippen LogP contribution is -2.33. The standard InChI is InChI=1S/C22H24N2O/c1-2-24(19-11-4-3-5-12-19)22(25)15-18(16-23)21-14-8-10-17-9-6-7-13-20(17)21/h3-14,18H,2,15-16,23H2,1H3. The fourth-order valence-corrected chi connectivity index (χ4v) is 3.36. The molecule has 3 heteroatoms. The van der Waals surface area contributed by atoms with Gasteiger partial charge >= 0.3 is 0 Å². The number of rotatable bonds is 6. The van der Waals surface area contributed by atoms with E-state index in [1.807, 2.05) is 60.4 Å². The molecule has 3 aromatic carbocycles. The Morgan fingerprint density at radius 3 is 2.36 bits per heavy atom. The van der Waals surface area contributed by atoms with Gasteiger partial charge in [0, 0.05) is 24.6 Å². The largest absolute Gasteiger partial charge is 0.330 e.